The summed E-state index contributed by atoms with van der Waals surface area (Å²) in [7, 11) is 4.59. The second-order valence-electron chi connectivity index (χ2n) is 1.15. The van der Waals surface area contributed by atoms with Crippen LogP contribution in [0.25, 0.3) is 0 Å². The van der Waals surface area contributed by atoms with Gasteiger partial charge in [-0.25, -0.2) is 0 Å². The molecule has 0 atom stereocenters. The van der Waals surface area contributed by atoms with Gasteiger partial charge in [-0.15, -0.1) is 0 Å². The standard InChI is InChI=1S/C3H4BF3.3FH/c4-2-1-3(5,6)7;;;/h1-2H2;3*1H. The zero-order valence-electron chi connectivity index (χ0n) is 4.85. The summed E-state index contributed by atoms with van der Waals surface area (Å²) in [6.07, 6.45) is -5.27. The Hall–Kier alpha value is -0.355. The van der Waals surface area contributed by atoms with E-state index in [1.807, 2.05) is 0 Å². The zero-order chi connectivity index (χ0) is 5.91. The van der Waals surface area contributed by atoms with Crippen LogP contribution < -0.4 is 0 Å². The molecule has 0 aromatic heterocycles. The molecule has 0 saturated heterocycles. The van der Waals surface area contributed by atoms with E-state index in [1.54, 1.807) is 0 Å². The highest BCUT2D eigenvalue weighted by Crippen LogP contribution is 2.20. The first kappa shape index (κ1) is 22.6. The normalized spacial score (nSPS) is 8.30. The number of alkyl halides is 3. The van der Waals surface area contributed by atoms with Gasteiger partial charge in [-0.1, -0.05) is 6.32 Å². The summed E-state index contributed by atoms with van der Waals surface area (Å²) in [6, 6.07) is 0. The third kappa shape index (κ3) is 25.4. The summed E-state index contributed by atoms with van der Waals surface area (Å²) in [6.45, 7) is 0. The average molecular weight is 168 g/mol. The lowest BCUT2D eigenvalue weighted by Crippen LogP contribution is -2.05. The Morgan fingerprint density at radius 1 is 1.00 bits per heavy atom. The smallest absolute Gasteiger partial charge is 0.269 e. The van der Waals surface area contributed by atoms with Gasteiger partial charge in [0.2, 0.25) is 0 Å². The first-order valence-corrected chi connectivity index (χ1v) is 1.83. The van der Waals surface area contributed by atoms with Crippen LogP contribution in [-0.2, 0) is 0 Å². The van der Waals surface area contributed by atoms with Gasteiger partial charge in [0.1, 0.15) is 0 Å². The number of rotatable bonds is 1. The van der Waals surface area contributed by atoms with Crippen LogP contribution in [0.2, 0.25) is 6.32 Å². The first-order valence-electron chi connectivity index (χ1n) is 1.83. The minimum Gasteiger partial charge on any atom is -0.269 e. The minimum absolute atomic E-state index is 0. The van der Waals surface area contributed by atoms with Crippen molar-refractivity contribution in [1.29, 1.82) is 0 Å². The van der Waals surface area contributed by atoms with Crippen molar-refractivity contribution in [3.8, 4) is 0 Å². The Kier molecular flexibility index (Phi) is 19.6. The lowest BCUT2D eigenvalue weighted by molar-refractivity contribution is -0.130. The maximum Gasteiger partial charge on any atom is 0.388 e. The summed E-state index contributed by atoms with van der Waals surface area (Å²) in [5.74, 6) is 0. The van der Waals surface area contributed by atoms with Crippen molar-refractivity contribution in [3.05, 3.63) is 0 Å². The summed E-state index contributed by atoms with van der Waals surface area (Å²) in [4.78, 5) is 0. The van der Waals surface area contributed by atoms with Crippen LogP contribution in [0, 0.1) is 0 Å². The number of hydrogen-bond donors (Lipinski definition) is 0. The van der Waals surface area contributed by atoms with Gasteiger partial charge in [-0.3, -0.25) is 14.1 Å². The van der Waals surface area contributed by atoms with E-state index in [-0.39, 0.29) is 20.4 Å². The number of hydrogen-bond acceptors (Lipinski definition) is 0. The van der Waals surface area contributed by atoms with Crippen LogP contribution in [0.15, 0.2) is 0 Å². The molecule has 0 aliphatic heterocycles. The molecule has 0 unspecified atom stereocenters. The van der Waals surface area contributed by atoms with Crippen molar-refractivity contribution in [2.75, 3.05) is 0 Å². The molecular formula is C3H7BF6. The van der Waals surface area contributed by atoms with Crippen molar-refractivity contribution >= 4 is 7.85 Å². The molecule has 7 heteroatoms. The van der Waals surface area contributed by atoms with E-state index in [2.05, 4.69) is 7.85 Å². The Labute approximate surface area is 55.3 Å². The highest BCUT2D eigenvalue weighted by molar-refractivity contribution is 6.08. The lowest BCUT2D eigenvalue weighted by atomic mass is 10.0. The maximum atomic E-state index is 11.0. The fourth-order valence-corrected chi connectivity index (χ4v) is 0.164. The molecule has 0 aliphatic rings. The van der Waals surface area contributed by atoms with Gasteiger partial charge in [0.15, 0.2) is 0 Å². The molecular weight excluding hydrogens is 161 g/mol. The average Bonchev–Trinajstić information content (AvgIpc) is 1.30. The predicted octanol–water partition coefficient (Wildman–Crippen LogP) is 1.98. The summed E-state index contributed by atoms with van der Waals surface area (Å²) in [5, 5.41) is 0. The van der Waals surface area contributed by atoms with E-state index in [9.17, 15) is 13.2 Å². The topological polar surface area (TPSA) is 0 Å². The van der Waals surface area contributed by atoms with Crippen LogP contribution in [-0.4, -0.2) is 14.0 Å². The third-order valence-electron chi connectivity index (χ3n) is 0.428. The Balaban J connectivity index is -0.0000000600. The number of halogens is 6. The quantitative estimate of drug-likeness (QED) is 0.414. The van der Waals surface area contributed by atoms with Crippen LogP contribution in [0.1, 0.15) is 6.42 Å². The molecule has 0 fully saturated rings. The largest absolute Gasteiger partial charge is 0.388 e. The molecule has 10 heavy (non-hydrogen) atoms. The highest BCUT2D eigenvalue weighted by atomic mass is 19.4. The fourth-order valence-electron chi connectivity index (χ4n) is 0.164. The van der Waals surface area contributed by atoms with Gasteiger partial charge in [0.25, 0.3) is 0 Å². The molecule has 0 spiro atoms. The van der Waals surface area contributed by atoms with Gasteiger partial charge in [0.05, 0.1) is 7.85 Å². The van der Waals surface area contributed by atoms with E-state index >= 15 is 0 Å². The molecule has 0 rings (SSSR count). The Morgan fingerprint density at radius 2 is 1.30 bits per heavy atom. The van der Waals surface area contributed by atoms with Gasteiger partial charge >= 0.3 is 6.18 Å². The van der Waals surface area contributed by atoms with E-state index in [1.165, 1.54) is 0 Å². The van der Waals surface area contributed by atoms with E-state index < -0.39 is 12.6 Å². The van der Waals surface area contributed by atoms with Crippen molar-refractivity contribution < 1.29 is 27.3 Å². The zero-order valence-corrected chi connectivity index (χ0v) is 4.85. The molecule has 0 nitrogen and oxygen atoms in total. The second kappa shape index (κ2) is 8.64. The predicted molar refractivity (Wildman–Crippen MR) is 28.7 cm³/mol. The van der Waals surface area contributed by atoms with Crippen LogP contribution in [0.4, 0.5) is 27.3 Å². The van der Waals surface area contributed by atoms with Crippen LogP contribution >= 0.6 is 0 Å². The van der Waals surface area contributed by atoms with Gasteiger partial charge in [-0.2, -0.15) is 13.2 Å². The summed E-state index contributed by atoms with van der Waals surface area (Å²) < 4.78 is 32.9. The monoisotopic (exact) mass is 168 g/mol. The second-order valence-corrected chi connectivity index (χ2v) is 1.15. The molecule has 0 aromatic rings. The van der Waals surface area contributed by atoms with Gasteiger partial charge < -0.3 is 0 Å². The Morgan fingerprint density at radius 3 is 1.30 bits per heavy atom. The minimum atomic E-state index is -4.07. The van der Waals surface area contributed by atoms with E-state index in [0.717, 1.165) is 0 Å². The van der Waals surface area contributed by atoms with E-state index in [0.29, 0.717) is 0 Å². The molecule has 0 heterocycles. The van der Waals surface area contributed by atoms with Crippen molar-refractivity contribution in [2.45, 2.75) is 18.9 Å². The van der Waals surface area contributed by atoms with Crippen LogP contribution in [0.5, 0.6) is 0 Å². The van der Waals surface area contributed by atoms with Crippen molar-refractivity contribution in [2.24, 2.45) is 0 Å². The molecule has 0 amide bonds. The summed E-state index contributed by atoms with van der Waals surface area (Å²) >= 11 is 0. The molecule has 0 aromatic carbocycles. The van der Waals surface area contributed by atoms with Gasteiger partial charge in [-0.05, 0) is 0 Å². The molecule has 0 saturated carbocycles. The maximum absolute atomic E-state index is 11.0. The highest BCUT2D eigenvalue weighted by Gasteiger charge is 2.24. The molecule has 64 valence electrons. The van der Waals surface area contributed by atoms with Gasteiger partial charge in [0, 0.05) is 6.42 Å². The lowest BCUT2D eigenvalue weighted by Gasteiger charge is -2.00. The SMILES string of the molecule is F.F.F.[B]CCC(F)(F)F. The van der Waals surface area contributed by atoms with Crippen molar-refractivity contribution in [3.63, 3.8) is 0 Å². The van der Waals surface area contributed by atoms with Crippen molar-refractivity contribution in [1.82, 2.24) is 0 Å². The molecule has 0 N–H and O–H groups in total. The van der Waals surface area contributed by atoms with E-state index in [4.69, 9.17) is 0 Å². The first-order chi connectivity index (χ1) is 3.06. The molecule has 2 radical (unpaired) electrons. The molecule has 0 aliphatic carbocycles. The summed E-state index contributed by atoms with van der Waals surface area (Å²) in [5.41, 5.74) is 0. The van der Waals surface area contributed by atoms with Crippen LogP contribution in [0.3, 0.4) is 0 Å². The molecule has 0 bridgehead atoms. The Bertz CT molecular complexity index is 51.4. The third-order valence-corrected chi connectivity index (χ3v) is 0.428. The fraction of sp³-hybridized carbons (Fsp3) is 1.00.